The molecule has 0 radical (unpaired) electrons. The van der Waals surface area contributed by atoms with Crippen molar-refractivity contribution < 1.29 is 9.53 Å². The van der Waals surface area contributed by atoms with E-state index in [2.05, 4.69) is 12.2 Å². The van der Waals surface area contributed by atoms with Crippen LogP contribution in [0.5, 0.6) is 0 Å². The van der Waals surface area contributed by atoms with E-state index >= 15 is 0 Å². The molecule has 1 saturated carbocycles. The van der Waals surface area contributed by atoms with Crippen molar-refractivity contribution in [1.82, 2.24) is 5.32 Å². The zero-order valence-corrected chi connectivity index (χ0v) is 10.6. The Hall–Kier alpha value is -0.570. The molecule has 0 spiro atoms. The summed E-state index contributed by atoms with van der Waals surface area (Å²) >= 11 is 0. The number of hydrogen-bond acceptors (Lipinski definition) is 3. The van der Waals surface area contributed by atoms with E-state index in [1.165, 1.54) is 25.7 Å². The van der Waals surface area contributed by atoms with Crippen LogP contribution < -0.4 is 5.32 Å². The summed E-state index contributed by atoms with van der Waals surface area (Å²) in [6, 6.07) is 0. The van der Waals surface area contributed by atoms with E-state index in [1.807, 2.05) is 6.92 Å². The van der Waals surface area contributed by atoms with Crippen LogP contribution in [0, 0.1) is 11.8 Å². The molecular formula is C13H25NO2. The Morgan fingerprint density at radius 1 is 1.31 bits per heavy atom. The fraction of sp³-hybridized carbons (Fsp3) is 0.923. The van der Waals surface area contributed by atoms with Crippen molar-refractivity contribution in [2.45, 2.75) is 46.0 Å². The minimum atomic E-state index is -0.0905. The van der Waals surface area contributed by atoms with E-state index in [-0.39, 0.29) is 5.97 Å². The Morgan fingerprint density at radius 2 is 2.00 bits per heavy atom. The molecule has 0 aromatic carbocycles. The molecule has 0 saturated heterocycles. The minimum Gasteiger partial charge on any atom is -0.466 e. The van der Waals surface area contributed by atoms with Crippen molar-refractivity contribution >= 4 is 5.97 Å². The maximum absolute atomic E-state index is 11.1. The Morgan fingerprint density at radius 3 is 2.62 bits per heavy atom. The van der Waals surface area contributed by atoms with Gasteiger partial charge in [-0.3, -0.25) is 4.79 Å². The van der Waals surface area contributed by atoms with E-state index in [4.69, 9.17) is 4.74 Å². The van der Waals surface area contributed by atoms with Crippen LogP contribution in [0.15, 0.2) is 0 Å². The first-order chi connectivity index (χ1) is 7.72. The second-order valence-corrected chi connectivity index (χ2v) is 4.89. The number of carbonyl (C=O) groups excluding carboxylic acids is 1. The topological polar surface area (TPSA) is 38.3 Å². The second kappa shape index (κ2) is 7.66. The molecule has 0 heterocycles. The lowest BCUT2D eigenvalue weighted by atomic mass is 9.83. The molecule has 3 nitrogen and oxygen atoms in total. The van der Waals surface area contributed by atoms with Crippen LogP contribution in [0.4, 0.5) is 0 Å². The number of nitrogens with one attached hydrogen (secondary N) is 1. The predicted octanol–water partition coefficient (Wildman–Crippen LogP) is 2.36. The van der Waals surface area contributed by atoms with E-state index < -0.39 is 0 Å². The monoisotopic (exact) mass is 227 g/mol. The SMILES string of the molecule is CCOC(=O)CCNCC1CCC(C)CC1. The third kappa shape index (κ3) is 5.50. The molecule has 16 heavy (non-hydrogen) atoms. The van der Waals surface area contributed by atoms with Crippen LogP contribution in [0.1, 0.15) is 46.0 Å². The lowest BCUT2D eigenvalue weighted by molar-refractivity contribution is -0.142. The zero-order valence-electron chi connectivity index (χ0n) is 10.6. The lowest BCUT2D eigenvalue weighted by Crippen LogP contribution is -2.28. The molecule has 1 N–H and O–H groups in total. The van der Waals surface area contributed by atoms with Crippen molar-refractivity contribution in [3.63, 3.8) is 0 Å². The minimum absolute atomic E-state index is 0.0905. The average Bonchev–Trinajstić information content (AvgIpc) is 2.27. The third-order valence-electron chi connectivity index (χ3n) is 3.38. The van der Waals surface area contributed by atoms with Crippen LogP contribution in [-0.4, -0.2) is 25.7 Å². The molecule has 0 unspecified atom stereocenters. The number of hydrogen-bond donors (Lipinski definition) is 1. The first kappa shape index (κ1) is 13.5. The number of ether oxygens (including phenoxy) is 1. The van der Waals surface area contributed by atoms with Gasteiger partial charge in [0.05, 0.1) is 13.0 Å². The van der Waals surface area contributed by atoms with Crippen LogP contribution in [0.3, 0.4) is 0 Å². The van der Waals surface area contributed by atoms with Crippen molar-refractivity contribution in [2.24, 2.45) is 11.8 Å². The van der Waals surface area contributed by atoms with Crippen molar-refractivity contribution in [3.05, 3.63) is 0 Å². The lowest BCUT2D eigenvalue weighted by Gasteiger charge is -2.26. The molecule has 0 aromatic heterocycles. The summed E-state index contributed by atoms with van der Waals surface area (Å²) in [5.41, 5.74) is 0. The maximum Gasteiger partial charge on any atom is 0.307 e. The molecule has 1 aliphatic rings. The Kier molecular flexibility index (Phi) is 6.46. The van der Waals surface area contributed by atoms with E-state index in [0.717, 1.165) is 24.9 Å². The van der Waals surface area contributed by atoms with Crippen LogP contribution in [-0.2, 0) is 9.53 Å². The molecule has 0 aliphatic heterocycles. The smallest absolute Gasteiger partial charge is 0.307 e. The molecule has 0 bridgehead atoms. The summed E-state index contributed by atoms with van der Waals surface area (Å²) in [4.78, 5) is 11.1. The van der Waals surface area contributed by atoms with Gasteiger partial charge in [-0.05, 0) is 38.1 Å². The van der Waals surface area contributed by atoms with Crippen molar-refractivity contribution in [1.29, 1.82) is 0 Å². The molecular weight excluding hydrogens is 202 g/mol. The third-order valence-corrected chi connectivity index (χ3v) is 3.38. The van der Waals surface area contributed by atoms with Gasteiger partial charge in [-0.1, -0.05) is 19.8 Å². The molecule has 1 aliphatic carbocycles. The van der Waals surface area contributed by atoms with Crippen molar-refractivity contribution in [2.75, 3.05) is 19.7 Å². The van der Waals surface area contributed by atoms with Gasteiger partial charge >= 0.3 is 5.97 Å². The van der Waals surface area contributed by atoms with Gasteiger partial charge in [0.25, 0.3) is 0 Å². The van der Waals surface area contributed by atoms with E-state index in [9.17, 15) is 4.79 Å². The Labute approximate surface area is 98.9 Å². The molecule has 0 atom stereocenters. The molecule has 94 valence electrons. The van der Waals surface area contributed by atoms with Gasteiger partial charge in [0.2, 0.25) is 0 Å². The standard InChI is InChI=1S/C13H25NO2/c1-3-16-13(15)8-9-14-10-12-6-4-11(2)5-7-12/h11-12,14H,3-10H2,1-2H3. The van der Waals surface area contributed by atoms with Gasteiger partial charge in [-0.2, -0.15) is 0 Å². The quantitative estimate of drug-likeness (QED) is 0.559. The zero-order chi connectivity index (χ0) is 11.8. The van der Waals surface area contributed by atoms with E-state index in [0.29, 0.717) is 13.0 Å². The molecule has 3 heteroatoms. The normalized spacial score (nSPS) is 25.4. The van der Waals surface area contributed by atoms with Gasteiger partial charge in [0, 0.05) is 6.54 Å². The number of esters is 1. The van der Waals surface area contributed by atoms with Crippen LogP contribution in [0.2, 0.25) is 0 Å². The Bertz CT molecular complexity index is 198. The summed E-state index contributed by atoms with van der Waals surface area (Å²) < 4.78 is 4.87. The van der Waals surface area contributed by atoms with Crippen molar-refractivity contribution in [3.8, 4) is 0 Å². The highest BCUT2D eigenvalue weighted by Gasteiger charge is 2.17. The molecule has 1 fully saturated rings. The highest BCUT2D eigenvalue weighted by molar-refractivity contribution is 5.69. The highest BCUT2D eigenvalue weighted by Crippen LogP contribution is 2.27. The molecule has 0 amide bonds. The second-order valence-electron chi connectivity index (χ2n) is 4.89. The molecule has 1 rings (SSSR count). The van der Waals surface area contributed by atoms with Gasteiger partial charge in [0.1, 0.15) is 0 Å². The van der Waals surface area contributed by atoms with Crippen LogP contribution >= 0.6 is 0 Å². The first-order valence-electron chi connectivity index (χ1n) is 6.58. The maximum atomic E-state index is 11.1. The average molecular weight is 227 g/mol. The van der Waals surface area contributed by atoms with Gasteiger partial charge in [-0.15, -0.1) is 0 Å². The fourth-order valence-corrected chi connectivity index (χ4v) is 2.26. The molecule has 0 aromatic rings. The van der Waals surface area contributed by atoms with Gasteiger partial charge < -0.3 is 10.1 Å². The van der Waals surface area contributed by atoms with Crippen LogP contribution in [0.25, 0.3) is 0 Å². The summed E-state index contributed by atoms with van der Waals surface area (Å²) in [6.07, 6.45) is 5.91. The summed E-state index contributed by atoms with van der Waals surface area (Å²) in [5, 5.41) is 3.36. The number of carbonyl (C=O) groups is 1. The predicted molar refractivity (Wildman–Crippen MR) is 65.2 cm³/mol. The summed E-state index contributed by atoms with van der Waals surface area (Å²) in [6.45, 7) is 6.48. The van der Waals surface area contributed by atoms with Gasteiger partial charge in [0.15, 0.2) is 0 Å². The first-order valence-corrected chi connectivity index (χ1v) is 6.58. The Balaban J connectivity index is 1.97. The summed E-state index contributed by atoms with van der Waals surface area (Å²) in [7, 11) is 0. The fourth-order valence-electron chi connectivity index (χ4n) is 2.26. The van der Waals surface area contributed by atoms with E-state index in [1.54, 1.807) is 0 Å². The summed E-state index contributed by atoms with van der Waals surface area (Å²) in [5.74, 6) is 1.64. The highest BCUT2D eigenvalue weighted by atomic mass is 16.5. The largest absolute Gasteiger partial charge is 0.466 e. The number of rotatable bonds is 6. The van der Waals surface area contributed by atoms with Gasteiger partial charge in [-0.25, -0.2) is 0 Å².